The summed E-state index contributed by atoms with van der Waals surface area (Å²) in [6.07, 6.45) is 0.912. The number of benzene rings is 2. The van der Waals surface area contributed by atoms with Gasteiger partial charge in [0.15, 0.2) is 0 Å². The van der Waals surface area contributed by atoms with Gasteiger partial charge >= 0.3 is 0 Å². The minimum atomic E-state index is 0.590. The van der Waals surface area contributed by atoms with Gasteiger partial charge in [-0.15, -0.1) is 0 Å². The van der Waals surface area contributed by atoms with Gasteiger partial charge in [-0.2, -0.15) is 0 Å². The topological polar surface area (TPSA) is 29.3 Å². The fourth-order valence-electron chi connectivity index (χ4n) is 2.15. The molecule has 0 spiro atoms. The average molecular weight is 239 g/mol. The van der Waals surface area contributed by atoms with Crippen molar-refractivity contribution < 1.29 is 0 Å². The van der Waals surface area contributed by atoms with Crippen molar-refractivity contribution in [3.8, 4) is 0 Å². The lowest BCUT2D eigenvalue weighted by Crippen LogP contribution is -2.12. The van der Waals surface area contributed by atoms with Gasteiger partial charge in [0.25, 0.3) is 0 Å². The van der Waals surface area contributed by atoms with Crippen molar-refractivity contribution >= 4 is 5.69 Å². The molecule has 0 aliphatic rings. The molecule has 2 nitrogen and oxygen atoms in total. The van der Waals surface area contributed by atoms with Crippen molar-refractivity contribution in [3.05, 3.63) is 65.2 Å². The lowest BCUT2D eigenvalue weighted by Gasteiger charge is -2.18. The molecule has 0 amide bonds. The van der Waals surface area contributed by atoms with E-state index in [0.29, 0.717) is 6.54 Å². The molecule has 0 aliphatic heterocycles. The van der Waals surface area contributed by atoms with Gasteiger partial charge in [-0.25, -0.2) is 0 Å². The number of hydrogen-bond donors (Lipinski definition) is 1. The Labute approximate surface area is 109 Å². The number of anilines is 1. The van der Waals surface area contributed by atoms with Crippen LogP contribution in [0, 0.1) is 6.07 Å². The second-order valence-electron chi connectivity index (χ2n) is 4.60. The molecular weight excluding hydrogens is 220 g/mol. The standard InChI is InChI=1S/C16H19N2/c1-18(2)16-10-6-5-8-14(16)11-13-7-3-4-9-15(13)12-17/h3-5,7-10H,11-12,17H2,1-2H3. The van der Waals surface area contributed by atoms with E-state index in [2.05, 4.69) is 49.3 Å². The van der Waals surface area contributed by atoms with Crippen LogP contribution in [0.1, 0.15) is 16.7 Å². The van der Waals surface area contributed by atoms with Crippen molar-refractivity contribution in [3.63, 3.8) is 0 Å². The van der Waals surface area contributed by atoms with Crippen LogP contribution in [0.3, 0.4) is 0 Å². The minimum absolute atomic E-state index is 0.590. The van der Waals surface area contributed by atoms with Crippen LogP contribution in [0.15, 0.2) is 42.5 Å². The molecule has 0 aliphatic carbocycles. The lowest BCUT2D eigenvalue weighted by atomic mass is 9.98. The molecule has 0 fully saturated rings. The van der Waals surface area contributed by atoms with Gasteiger partial charge in [0, 0.05) is 26.3 Å². The van der Waals surface area contributed by atoms with E-state index < -0.39 is 0 Å². The highest BCUT2D eigenvalue weighted by atomic mass is 15.1. The smallest absolute Gasteiger partial charge is 0.0403 e. The van der Waals surface area contributed by atoms with Crippen LogP contribution in [-0.4, -0.2) is 14.1 Å². The van der Waals surface area contributed by atoms with Crippen molar-refractivity contribution in [2.75, 3.05) is 19.0 Å². The molecule has 2 rings (SSSR count). The van der Waals surface area contributed by atoms with E-state index >= 15 is 0 Å². The van der Waals surface area contributed by atoms with Crippen molar-refractivity contribution in [1.29, 1.82) is 0 Å². The second-order valence-corrected chi connectivity index (χ2v) is 4.60. The highest BCUT2D eigenvalue weighted by Gasteiger charge is 2.07. The van der Waals surface area contributed by atoms with E-state index in [0.717, 1.165) is 6.42 Å². The fourth-order valence-corrected chi connectivity index (χ4v) is 2.15. The lowest BCUT2D eigenvalue weighted by molar-refractivity contribution is 1.01. The molecule has 0 aromatic heterocycles. The molecule has 0 bridgehead atoms. The predicted molar refractivity (Wildman–Crippen MR) is 76.7 cm³/mol. The summed E-state index contributed by atoms with van der Waals surface area (Å²) >= 11 is 0. The monoisotopic (exact) mass is 239 g/mol. The van der Waals surface area contributed by atoms with E-state index in [9.17, 15) is 0 Å². The summed E-state index contributed by atoms with van der Waals surface area (Å²) in [5.74, 6) is 0. The van der Waals surface area contributed by atoms with Crippen LogP contribution >= 0.6 is 0 Å². The van der Waals surface area contributed by atoms with Gasteiger partial charge in [0.2, 0.25) is 0 Å². The number of hydrogen-bond acceptors (Lipinski definition) is 2. The minimum Gasteiger partial charge on any atom is -0.377 e. The Bertz CT molecular complexity index is 518. The predicted octanol–water partition coefficient (Wildman–Crippen LogP) is 2.60. The SMILES string of the molecule is CN(C)c1c[c]ccc1Cc1ccccc1CN. The molecular formula is C16H19N2. The van der Waals surface area contributed by atoms with Gasteiger partial charge in [-0.1, -0.05) is 36.4 Å². The van der Waals surface area contributed by atoms with Crippen LogP contribution in [0.4, 0.5) is 5.69 Å². The van der Waals surface area contributed by atoms with E-state index in [1.54, 1.807) is 0 Å². The largest absolute Gasteiger partial charge is 0.377 e. The maximum Gasteiger partial charge on any atom is 0.0403 e. The Hall–Kier alpha value is -1.80. The van der Waals surface area contributed by atoms with Gasteiger partial charge in [0.1, 0.15) is 0 Å². The zero-order valence-electron chi connectivity index (χ0n) is 11.0. The third-order valence-corrected chi connectivity index (χ3v) is 3.13. The Morgan fingerprint density at radius 3 is 2.44 bits per heavy atom. The van der Waals surface area contributed by atoms with Crippen LogP contribution in [0.5, 0.6) is 0 Å². The number of nitrogens with zero attached hydrogens (tertiary/aromatic N) is 1. The van der Waals surface area contributed by atoms with Crippen molar-refractivity contribution in [1.82, 2.24) is 0 Å². The molecule has 2 aromatic rings. The van der Waals surface area contributed by atoms with Crippen LogP contribution in [0.25, 0.3) is 0 Å². The van der Waals surface area contributed by atoms with Gasteiger partial charge in [-0.3, -0.25) is 0 Å². The molecule has 0 atom stereocenters. The Morgan fingerprint density at radius 1 is 1.06 bits per heavy atom. The summed E-state index contributed by atoms with van der Waals surface area (Å²) in [4.78, 5) is 2.12. The molecule has 2 aromatic carbocycles. The van der Waals surface area contributed by atoms with Gasteiger partial charge in [0.05, 0.1) is 0 Å². The van der Waals surface area contributed by atoms with Crippen molar-refractivity contribution in [2.24, 2.45) is 5.73 Å². The van der Waals surface area contributed by atoms with Gasteiger partial charge < -0.3 is 10.6 Å². The average Bonchev–Trinajstić information content (AvgIpc) is 2.40. The van der Waals surface area contributed by atoms with E-state index in [1.807, 2.05) is 18.2 Å². The summed E-state index contributed by atoms with van der Waals surface area (Å²) < 4.78 is 0. The molecule has 0 saturated carbocycles. The number of rotatable bonds is 4. The second kappa shape index (κ2) is 5.69. The zero-order valence-corrected chi connectivity index (χ0v) is 11.0. The third kappa shape index (κ3) is 2.71. The Kier molecular flexibility index (Phi) is 4.00. The third-order valence-electron chi connectivity index (χ3n) is 3.13. The maximum atomic E-state index is 5.79. The van der Waals surface area contributed by atoms with E-state index in [1.165, 1.54) is 22.4 Å². The van der Waals surface area contributed by atoms with Crippen LogP contribution in [-0.2, 0) is 13.0 Å². The summed E-state index contributed by atoms with van der Waals surface area (Å²) in [5.41, 5.74) is 10.8. The zero-order chi connectivity index (χ0) is 13.0. The van der Waals surface area contributed by atoms with Crippen LogP contribution in [0.2, 0.25) is 0 Å². The molecule has 2 N–H and O–H groups in total. The quantitative estimate of drug-likeness (QED) is 0.888. The maximum absolute atomic E-state index is 5.79. The first kappa shape index (κ1) is 12.7. The molecule has 0 heterocycles. The molecule has 1 radical (unpaired) electrons. The first-order valence-electron chi connectivity index (χ1n) is 6.15. The summed E-state index contributed by atoms with van der Waals surface area (Å²) in [7, 11) is 4.11. The van der Waals surface area contributed by atoms with E-state index in [-0.39, 0.29) is 0 Å². The summed E-state index contributed by atoms with van der Waals surface area (Å²) in [5, 5.41) is 0. The summed E-state index contributed by atoms with van der Waals surface area (Å²) in [6, 6.07) is 17.6. The Morgan fingerprint density at radius 2 is 1.78 bits per heavy atom. The Balaban J connectivity index is 2.34. The molecule has 93 valence electrons. The van der Waals surface area contributed by atoms with Crippen LogP contribution < -0.4 is 10.6 Å². The van der Waals surface area contributed by atoms with Gasteiger partial charge in [-0.05, 0) is 35.2 Å². The molecule has 2 heteroatoms. The van der Waals surface area contributed by atoms with E-state index in [4.69, 9.17) is 5.73 Å². The highest BCUT2D eigenvalue weighted by Crippen LogP contribution is 2.22. The first-order valence-corrected chi connectivity index (χ1v) is 6.15. The molecule has 0 saturated heterocycles. The molecule has 18 heavy (non-hydrogen) atoms. The molecule has 0 unspecified atom stereocenters. The highest BCUT2D eigenvalue weighted by molar-refractivity contribution is 5.54. The normalized spacial score (nSPS) is 10.4. The summed E-state index contributed by atoms with van der Waals surface area (Å²) in [6.45, 7) is 0.590. The first-order chi connectivity index (χ1) is 8.72. The number of nitrogens with two attached hydrogens (primary N) is 1. The fraction of sp³-hybridized carbons (Fsp3) is 0.250. The van der Waals surface area contributed by atoms with Crippen molar-refractivity contribution in [2.45, 2.75) is 13.0 Å².